The topological polar surface area (TPSA) is 95.9 Å². The first-order chi connectivity index (χ1) is 14.9. The van der Waals surface area contributed by atoms with Gasteiger partial charge in [-0.15, -0.1) is 0 Å². The van der Waals surface area contributed by atoms with Crippen LogP contribution >= 0.6 is 11.8 Å². The fraction of sp³-hybridized carbons (Fsp3) is 0.609. The third kappa shape index (κ3) is 5.23. The third-order valence-corrected chi connectivity index (χ3v) is 7.69. The Bertz CT molecular complexity index is 781. The van der Waals surface area contributed by atoms with Crippen molar-refractivity contribution in [2.24, 2.45) is 5.41 Å². The van der Waals surface area contributed by atoms with Crippen LogP contribution in [0.25, 0.3) is 0 Å². The lowest BCUT2D eigenvalue weighted by Gasteiger charge is -2.32. The molecule has 0 saturated carbocycles. The lowest BCUT2D eigenvalue weighted by atomic mass is 9.80. The molecular weight excluding hydrogens is 416 g/mol. The molecular formula is C23H32N2O5S. The van der Waals surface area contributed by atoms with Crippen LogP contribution in [0.2, 0.25) is 0 Å². The maximum atomic E-state index is 13.1. The lowest BCUT2D eigenvalue weighted by Crippen LogP contribution is -2.53. The van der Waals surface area contributed by atoms with Crippen molar-refractivity contribution in [2.75, 3.05) is 31.2 Å². The van der Waals surface area contributed by atoms with E-state index in [0.717, 1.165) is 29.9 Å². The van der Waals surface area contributed by atoms with Crippen molar-refractivity contribution in [3.8, 4) is 0 Å². The number of nitrogens with zero attached hydrogens (tertiary/aromatic N) is 1. The molecule has 0 bridgehead atoms. The zero-order chi connectivity index (χ0) is 22.4. The fourth-order valence-electron chi connectivity index (χ4n) is 4.74. The molecule has 7 nitrogen and oxygen atoms in total. The molecule has 1 spiro atoms. The molecule has 0 aliphatic carbocycles. The van der Waals surface area contributed by atoms with Crippen LogP contribution in [-0.2, 0) is 19.1 Å². The molecule has 2 aliphatic rings. The van der Waals surface area contributed by atoms with E-state index in [4.69, 9.17) is 4.74 Å². The maximum absolute atomic E-state index is 13.1. The summed E-state index contributed by atoms with van der Waals surface area (Å²) in [6.07, 6.45) is 2.08. The van der Waals surface area contributed by atoms with Gasteiger partial charge in [-0.1, -0.05) is 30.3 Å². The van der Waals surface area contributed by atoms with E-state index in [1.807, 2.05) is 30.3 Å². The Morgan fingerprint density at radius 3 is 2.65 bits per heavy atom. The Morgan fingerprint density at radius 1 is 1.29 bits per heavy atom. The number of carboxylic acids is 1. The number of carboxylic acid groups (broad SMARTS) is 1. The number of carbonyl (C=O) groups is 3. The highest BCUT2D eigenvalue weighted by Crippen LogP contribution is 2.48. The van der Waals surface area contributed by atoms with Crippen LogP contribution in [0.5, 0.6) is 0 Å². The smallest absolute Gasteiger partial charge is 0.327 e. The van der Waals surface area contributed by atoms with Crippen molar-refractivity contribution in [3.05, 3.63) is 35.9 Å². The van der Waals surface area contributed by atoms with Crippen LogP contribution in [0.4, 0.5) is 0 Å². The predicted octanol–water partition coefficient (Wildman–Crippen LogP) is 2.51. The number of ether oxygens (including phenoxy) is 1. The average Bonchev–Trinajstić information content (AvgIpc) is 3.38. The summed E-state index contributed by atoms with van der Waals surface area (Å²) >= 11 is 1.77. The Hall–Kier alpha value is -2.06. The maximum Gasteiger partial charge on any atom is 0.327 e. The summed E-state index contributed by atoms with van der Waals surface area (Å²) in [5.41, 5.74) is 0.585. The average molecular weight is 449 g/mol. The van der Waals surface area contributed by atoms with Gasteiger partial charge in [-0.25, -0.2) is 4.79 Å². The van der Waals surface area contributed by atoms with Gasteiger partial charge in [-0.2, -0.15) is 11.8 Å². The second kappa shape index (κ2) is 10.5. The van der Waals surface area contributed by atoms with E-state index in [0.29, 0.717) is 26.1 Å². The van der Waals surface area contributed by atoms with Gasteiger partial charge in [0, 0.05) is 17.7 Å². The number of aliphatic carboxylic acids is 1. The van der Waals surface area contributed by atoms with Crippen molar-refractivity contribution in [1.29, 1.82) is 0 Å². The minimum Gasteiger partial charge on any atom is -0.480 e. The van der Waals surface area contributed by atoms with E-state index in [1.54, 1.807) is 30.5 Å². The van der Waals surface area contributed by atoms with Crippen LogP contribution in [-0.4, -0.2) is 71.1 Å². The summed E-state index contributed by atoms with van der Waals surface area (Å²) in [5.74, 6) is -0.0307. The van der Waals surface area contributed by atoms with Gasteiger partial charge in [-0.05, 0) is 51.0 Å². The Balaban J connectivity index is 1.60. The molecule has 2 fully saturated rings. The van der Waals surface area contributed by atoms with Gasteiger partial charge in [0.2, 0.25) is 5.91 Å². The highest BCUT2D eigenvalue weighted by Gasteiger charge is 2.54. The number of esters is 1. The van der Waals surface area contributed by atoms with Gasteiger partial charge in [0.05, 0.1) is 18.6 Å². The number of benzene rings is 1. The summed E-state index contributed by atoms with van der Waals surface area (Å²) in [5, 5.41) is 13.0. The van der Waals surface area contributed by atoms with Gasteiger partial charge in [0.25, 0.3) is 0 Å². The normalized spacial score (nSPS) is 24.8. The largest absolute Gasteiger partial charge is 0.480 e. The first-order valence-electron chi connectivity index (χ1n) is 11.0. The van der Waals surface area contributed by atoms with E-state index in [-0.39, 0.29) is 17.3 Å². The first kappa shape index (κ1) is 23.6. The molecule has 3 rings (SSSR count). The zero-order valence-electron chi connectivity index (χ0n) is 18.2. The summed E-state index contributed by atoms with van der Waals surface area (Å²) in [6, 6.07) is 8.19. The number of hydrogen-bond donors (Lipinski definition) is 2. The first-order valence-corrected chi connectivity index (χ1v) is 12.1. The molecule has 0 radical (unpaired) electrons. The minimum atomic E-state index is -0.910. The van der Waals surface area contributed by atoms with E-state index >= 15 is 0 Å². The summed E-state index contributed by atoms with van der Waals surface area (Å²) < 4.78 is 5.23. The molecule has 2 saturated heterocycles. The monoisotopic (exact) mass is 448 g/mol. The number of nitrogens with one attached hydrogen (secondary N) is 1. The summed E-state index contributed by atoms with van der Waals surface area (Å²) in [6.45, 7) is 4.78. The SMILES string of the molecule is CCOC(=O)C(CCN[C@@H](C)C(=O)N1CCC2(CCSC2)C1C(=O)O)c1ccccc1. The van der Waals surface area contributed by atoms with Crippen molar-refractivity contribution in [3.63, 3.8) is 0 Å². The zero-order valence-corrected chi connectivity index (χ0v) is 19.0. The predicted molar refractivity (Wildman–Crippen MR) is 120 cm³/mol. The van der Waals surface area contributed by atoms with E-state index in [9.17, 15) is 19.5 Å². The number of hydrogen-bond acceptors (Lipinski definition) is 6. The second-order valence-electron chi connectivity index (χ2n) is 8.37. The summed E-state index contributed by atoms with van der Waals surface area (Å²) in [7, 11) is 0. The molecule has 170 valence electrons. The molecule has 4 atom stereocenters. The Kier molecular flexibility index (Phi) is 8.00. The Labute approximate surface area is 187 Å². The molecule has 1 aromatic carbocycles. The van der Waals surface area contributed by atoms with E-state index in [2.05, 4.69) is 5.32 Å². The highest BCUT2D eigenvalue weighted by atomic mass is 32.2. The molecule has 1 amide bonds. The highest BCUT2D eigenvalue weighted by molar-refractivity contribution is 7.99. The molecule has 2 aliphatic heterocycles. The minimum absolute atomic E-state index is 0.187. The second-order valence-corrected chi connectivity index (χ2v) is 9.47. The van der Waals surface area contributed by atoms with Gasteiger partial charge in [0.1, 0.15) is 6.04 Å². The lowest BCUT2D eigenvalue weighted by molar-refractivity contribution is -0.152. The standard InChI is InChI=1S/C23H32N2O5S/c1-3-30-22(29)18(17-7-5-4-6-8-17)9-12-24-16(2)20(26)25-13-10-23(11-14-31-15-23)19(25)21(27)28/h4-8,16,18-19,24H,3,9-15H2,1-2H3,(H,27,28)/t16-,18?,19?,23?/m0/s1. The van der Waals surface area contributed by atoms with Crippen molar-refractivity contribution < 1.29 is 24.2 Å². The van der Waals surface area contributed by atoms with E-state index < -0.39 is 24.0 Å². The van der Waals surface area contributed by atoms with Gasteiger partial charge >= 0.3 is 11.9 Å². The van der Waals surface area contributed by atoms with Crippen LogP contribution < -0.4 is 5.32 Å². The van der Waals surface area contributed by atoms with Crippen molar-refractivity contribution in [1.82, 2.24) is 10.2 Å². The molecule has 2 N–H and O–H groups in total. The van der Waals surface area contributed by atoms with E-state index in [1.165, 1.54) is 0 Å². The van der Waals surface area contributed by atoms with Crippen molar-refractivity contribution >= 4 is 29.6 Å². The number of amides is 1. The van der Waals surface area contributed by atoms with Crippen LogP contribution in [0, 0.1) is 5.41 Å². The molecule has 0 aromatic heterocycles. The molecule has 31 heavy (non-hydrogen) atoms. The van der Waals surface area contributed by atoms with Crippen molar-refractivity contribution in [2.45, 2.75) is 51.1 Å². The molecule has 8 heteroatoms. The van der Waals surface area contributed by atoms with Gasteiger partial charge in [-0.3, -0.25) is 9.59 Å². The third-order valence-electron chi connectivity index (χ3n) is 6.42. The quantitative estimate of drug-likeness (QED) is 0.561. The Morgan fingerprint density at radius 2 is 2.03 bits per heavy atom. The summed E-state index contributed by atoms with van der Waals surface area (Å²) in [4.78, 5) is 39.1. The van der Waals surface area contributed by atoms with Gasteiger partial charge < -0.3 is 20.1 Å². The number of carbonyl (C=O) groups excluding carboxylic acids is 2. The van der Waals surface area contributed by atoms with Gasteiger partial charge in [0.15, 0.2) is 0 Å². The fourth-order valence-corrected chi connectivity index (χ4v) is 6.29. The molecule has 2 heterocycles. The number of thioether (sulfide) groups is 1. The number of likely N-dealkylation sites (tertiary alicyclic amines) is 1. The van der Waals surface area contributed by atoms with Crippen LogP contribution in [0.15, 0.2) is 30.3 Å². The van der Waals surface area contributed by atoms with Crippen LogP contribution in [0.1, 0.15) is 44.6 Å². The molecule has 1 aromatic rings. The number of rotatable bonds is 9. The van der Waals surface area contributed by atoms with Crippen LogP contribution in [0.3, 0.4) is 0 Å². The molecule has 3 unspecified atom stereocenters.